The number of aliphatic hydroxyl groups is 1. The third-order valence-electron chi connectivity index (χ3n) is 11.9. The molecule has 3 aliphatic heterocycles. The molecule has 2 fully saturated rings. The summed E-state index contributed by atoms with van der Waals surface area (Å²) >= 11 is 19.2. The van der Waals surface area contributed by atoms with E-state index < -0.39 is 11.2 Å². The summed E-state index contributed by atoms with van der Waals surface area (Å²) in [5.41, 5.74) is 1.58. The van der Waals surface area contributed by atoms with Gasteiger partial charge in [0.2, 0.25) is 35.3 Å². The topological polar surface area (TPSA) is 271 Å². The number of rotatable bonds is 12. The number of aromatic nitrogens is 9. The molecule has 3 aliphatic rings. The van der Waals surface area contributed by atoms with Gasteiger partial charge in [0.25, 0.3) is 0 Å². The number of aryl methyl sites for hydroxylation is 2. The molecule has 0 spiro atoms. The van der Waals surface area contributed by atoms with Crippen molar-refractivity contribution in [3.05, 3.63) is 93.8 Å². The first-order valence-electron chi connectivity index (χ1n) is 25.9. The summed E-state index contributed by atoms with van der Waals surface area (Å²) in [5, 5.41) is 33.9. The lowest BCUT2D eigenvalue weighted by atomic mass is 10.1. The van der Waals surface area contributed by atoms with Gasteiger partial charge in [-0.2, -0.15) is 0 Å². The maximum absolute atomic E-state index is 12.2. The van der Waals surface area contributed by atoms with Gasteiger partial charge in [0.15, 0.2) is 0 Å². The molecule has 0 bridgehead atoms. The van der Waals surface area contributed by atoms with Crippen LogP contribution in [0.15, 0.2) is 74.3 Å². The van der Waals surface area contributed by atoms with Gasteiger partial charge in [-0.3, -0.25) is 0 Å². The molecule has 428 valence electrons. The largest absolute Gasteiger partial charge is 0.458 e. The van der Waals surface area contributed by atoms with Gasteiger partial charge in [-0.05, 0) is 66.2 Å². The van der Waals surface area contributed by atoms with Crippen LogP contribution in [0, 0.1) is 0 Å². The normalized spacial score (nSPS) is 14.8. The van der Waals surface area contributed by atoms with E-state index in [9.17, 15) is 14.4 Å². The molecule has 0 aromatic carbocycles. The lowest BCUT2D eigenvalue weighted by Crippen LogP contribution is -2.50. The fourth-order valence-electron chi connectivity index (χ4n) is 7.93. The van der Waals surface area contributed by atoms with Crippen LogP contribution < -0.4 is 14.7 Å². The number of amides is 2. The Morgan fingerprint density at radius 3 is 1.30 bits per heavy atom. The summed E-state index contributed by atoms with van der Waals surface area (Å²) in [6.07, 6.45) is 9.62. The Morgan fingerprint density at radius 1 is 0.600 bits per heavy atom. The number of piperazine rings is 2. The molecule has 6 aromatic heterocycles. The minimum Gasteiger partial charge on any atom is -0.458 e. The Kier molecular flexibility index (Phi) is 20.5. The van der Waals surface area contributed by atoms with Gasteiger partial charge >= 0.3 is 18.2 Å². The van der Waals surface area contributed by atoms with Crippen LogP contribution in [0.4, 0.5) is 27.0 Å². The van der Waals surface area contributed by atoms with Crippen LogP contribution in [0.2, 0.25) is 15.1 Å². The highest BCUT2D eigenvalue weighted by molar-refractivity contribution is 6.34. The van der Waals surface area contributed by atoms with E-state index in [0.717, 1.165) is 0 Å². The molecule has 9 rings (SSSR count). The summed E-state index contributed by atoms with van der Waals surface area (Å²) in [5.74, 6) is 3.98. The van der Waals surface area contributed by atoms with E-state index >= 15 is 0 Å². The highest BCUT2D eigenvalue weighted by atomic mass is 35.5. The molecule has 6 aromatic rings. The van der Waals surface area contributed by atoms with Gasteiger partial charge in [0.05, 0.1) is 31.8 Å². The van der Waals surface area contributed by atoms with Gasteiger partial charge in [-0.1, -0.05) is 67.4 Å². The number of hydrogen-bond acceptors (Lipinski definition) is 22. The summed E-state index contributed by atoms with van der Waals surface area (Å²) in [6, 6.07) is 5.23. The molecule has 27 heteroatoms. The van der Waals surface area contributed by atoms with Crippen LogP contribution >= 0.6 is 34.8 Å². The molecule has 1 N–H and O–H groups in total. The summed E-state index contributed by atoms with van der Waals surface area (Å²) < 4.78 is 32.3. The number of carbonyl (C=O) groups is 3. The Balaban J connectivity index is 0.000000173. The van der Waals surface area contributed by atoms with Crippen LogP contribution in [0.5, 0.6) is 0 Å². The van der Waals surface area contributed by atoms with E-state index in [2.05, 4.69) is 57.0 Å². The minimum atomic E-state index is -0.514. The van der Waals surface area contributed by atoms with Crippen molar-refractivity contribution in [1.82, 2.24) is 55.3 Å². The predicted octanol–water partition coefficient (Wildman–Crippen LogP) is 8.95. The summed E-state index contributed by atoms with van der Waals surface area (Å²) in [6.45, 7) is 24.2. The van der Waals surface area contributed by atoms with Crippen molar-refractivity contribution < 1.29 is 47.0 Å². The van der Waals surface area contributed by atoms with E-state index in [4.69, 9.17) is 67.4 Å². The molecule has 24 nitrogen and oxygen atoms in total. The number of aliphatic hydroxyl groups excluding tert-OH is 1. The second kappa shape index (κ2) is 27.2. The van der Waals surface area contributed by atoms with Gasteiger partial charge in [0, 0.05) is 102 Å². The van der Waals surface area contributed by atoms with E-state index in [1.54, 1.807) is 52.7 Å². The molecular formula is C53H65Cl3N14O10. The minimum absolute atomic E-state index is 0.128. The second-order valence-corrected chi connectivity index (χ2v) is 21.4. The Bertz CT molecular complexity index is 2980. The van der Waals surface area contributed by atoms with Crippen LogP contribution in [0.25, 0.3) is 34.4 Å². The number of pyridine rings is 3. The second-order valence-electron chi connectivity index (χ2n) is 20.2. The molecule has 0 radical (unpaired) electrons. The van der Waals surface area contributed by atoms with Gasteiger partial charge in [-0.15, -0.1) is 30.6 Å². The highest BCUT2D eigenvalue weighted by Crippen LogP contribution is 2.33. The van der Waals surface area contributed by atoms with E-state index in [1.165, 1.54) is 0 Å². The van der Waals surface area contributed by atoms with Crippen LogP contribution in [-0.4, -0.2) is 162 Å². The van der Waals surface area contributed by atoms with Crippen LogP contribution in [-0.2, 0) is 38.5 Å². The smallest absolute Gasteiger partial charge is 0.410 e. The first-order chi connectivity index (χ1) is 38.1. The third kappa shape index (κ3) is 16.4. The third-order valence-corrected chi connectivity index (χ3v) is 12.7. The lowest BCUT2D eigenvalue weighted by Gasteiger charge is -2.36. The summed E-state index contributed by atoms with van der Waals surface area (Å²) in [7, 11) is 0. The highest BCUT2D eigenvalue weighted by Gasteiger charge is 2.30. The molecule has 0 aliphatic carbocycles. The Morgan fingerprint density at radius 2 is 0.988 bits per heavy atom. The SMILES string of the molecule is C=CCOC(=O)C1=CCN(c2ncc(-c3nnc(CC)o3)cc2Cl)CC1.CC(C)(C)OC(=O)N1CCN(c2ncc(-c3nnc(CO)o3)cc2Cl)CC1.CCc1nnc(-c2cnc(N3CCN(C(=O)OC(C)(C)C)CC3)c(Cl)c2)o1. The van der Waals surface area contributed by atoms with Gasteiger partial charge in [-0.25, -0.2) is 29.3 Å². The van der Waals surface area contributed by atoms with E-state index in [0.29, 0.717) is 163 Å². The predicted molar refractivity (Wildman–Crippen MR) is 298 cm³/mol. The number of esters is 1. The number of hydrogen-bond donors (Lipinski definition) is 1. The van der Waals surface area contributed by atoms with Crippen LogP contribution in [0.3, 0.4) is 0 Å². The molecular weight excluding hydrogens is 1100 g/mol. The van der Waals surface area contributed by atoms with Crippen molar-refractivity contribution in [3.8, 4) is 34.4 Å². The van der Waals surface area contributed by atoms with E-state index in [1.807, 2.05) is 71.3 Å². The Hall–Kier alpha value is -7.41. The maximum Gasteiger partial charge on any atom is 0.410 e. The molecule has 0 saturated carbocycles. The van der Waals surface area contributed by atoms with Crippen LogP contribution in [0.1, 0.15) is 79.5 Å². The average molecular weight is 1160 g/mol. The first kappa shape index (κ1) is 60.2. The maximum atomic E-state index is 12.2. The quantitative estimate of drug-likeness (QED) is 0.0680. The molecule has 0 unspecified atom stereocenters. The van der Waals surface area contributed by atoms with Crippen molar-refractivity contribution in [2.45, 2.75) is 92.5 Å². The van der Waals surface area contributed by atoms with Gasteiger partial charge < -0.3 is 57.1 Å². The fraction of sp³-hybridized carbons (Fsp3) is 0.472. The molecule has 2 saturated heterocycles. The van der Waals surface area contributed by atoms with E-state index in [-0.39, 0.29) is 43.2 Å². The zero-order valence-corrected chi connectivity index (χ0v) is 48.2. The molecule has 80 heavy (non-hydrogen) atoms. The number of carbonyl (C=O) groups excluding carboxylic acids is 3. The average Bonchev–Trinajstić information content (AvgIpc) is 4.25. The molecule has 2 amide bonds. The number of nitrogens with zero attached hydrogens (tertiary/aromatic N) is 14. The van der Waals surface area contributed by atoms with Crippen molar-refractivity contribution in [3.63, 3.8) is 0 Å². The number of anilines is 3. The van der Waals surface area contributed by atoms with Crippen molar-refractivity contribution in [2.75, 3.05) is 86.8 Å². The standard InChI is InChI=1S/C18H24ClN5O3.C18H19ClN4O3.C17H22ClN5O4/c1-5-14-21-22-16(26-14)12-10-13(19)15(20-11-12)23-6-8-24(9-7-23)17(25)27-18(2,3)4;1-3-9-25-18(24)12-5-7-23(8-6-12)16-14(19)10-13(11-20-16)17-22-21-15(4-2)26-17;1-17(2,3)27-16(25)23-6-4-22(5-7-23)14-12(18)8-11(9-19-14)15-21-20-13(10-24)26-15/h10-11H,5-9H2,1-4H3;3,5,10-11H,1,4,6-9H2,2H3;8-9,24H,4-7,10H2,1-3H3. The number of ether oxygens (including phenoxy) is 3. The number of halogens is 3. The summed E-state index contributed by atoms with van der Waals surface area (Å²) in [4.78, 5) is 59.0. The monoisotopic (exact) mass is 1160 g/mol. The zero-order valence-electron chi connectivity index (χ0n) is 45.9. The first-order valence-corrected chi connectivity index (χ1v) is 27.0. The van der Waals surface area contributed by atoms with Gasteiger partial charge in [0.1, 0.15) is 41.9 Å². The van der Waals surface area contributed by atoms with Crippen molar-refractivity contribution >= 4 is 70.4 Å². The molecule has 0 atom stereocenters. The lowest BCUT2D eigenvalue weighted by molar-refractivity contribution is -0.138. The van der Waals surface area contributed by atoms with Crippen molar-refractivity contribution in [2.24, 2.45) is 0 Å². The fourth-order valence-corrected chi connectivity index (χ4v) is 8.79. The van der Waals surface area contributed by atoms with Crippen molar-refractivity contribution in [1.29, 1.82) is 0 Å². The zero-order chi connectivity index (χ0) is 57.7. The molecule has 9 heterocycles. The Labute approximate surface area is 478 Å².